The van der Waals surface area contributed by atoms with E-state index in [4.69, 9.17) is 5.26 Å². The monoisotopic (exact) mass is 317 g/mol. The summed E-state index contributed by atoms with van der Waals surface area (Å²) in [4.78, 5) is 4.07. The summed E-state index contributed by atoms with van der Waals surface area (Å²) < 4.78 is 0. The van der Waals surface area contributed by atoms with Crippen LogP contribution in [0.4, 0.5) is 5.69 Å². The quantitative estimate of drug-likeness (QED) is 0.730. The molecule has 120 valence electrons. The number of anilines is 1. The smallest absolute Gasteiger partial charge is 0.148 e. The Hall–Kier alpha value is -2.90. The molecule has 24 heavy (non-hydrogen) atoms. The largest absolute Gasteiger partial charge is 0.394 e. The number of aryl methyl sites for hydroxylation is 1. The molecule has 1 atom stereocenters. The van der Waals surface area contributed by atoms with Crippen molar-refractivity contribution in [1.82, 2.24) is 4.98 Å². The molecule has 2 N–H and O–H groups in total. The molecule has 0 aliphatic carbocycles. The molecule has 4 nitrogen and oxygen atoms in total. The number of rotatable bonds is 6. The van der Waals surface area contributed by atoms with Gasteiger partial charge in [0.1, 0.15) is 11.8 Å². The van der Waals surface area contributed by atoms with E-state index in [-0.39, 0.29) is 12.6 Å². The molecule has 1 heterocycles. The first-order valence-corrected chi connectivity index (χ1v) is 8.00. The van der Waals surface area contributed by atoms with E-state index in [1.807, 2.05) is 42.5 Å². The van der Waals surface area contributed by atoms with E-state index < -0.39 is 0 Å². The molecule has 0 fully saturated rings. The first-order valence-electron chi connectivity index (χ1n) is 8.00. The molecule has 0 saturated carbocycles. The van der Waals surface area contributed by atoms with E-state index in [2.05, 4.69) is 28.5 Å². The van der Waals surface area contributed by atoms with Crippen LogP contribution in [0.1, 0.15) is 17.7 Å². The summed E-state index contributed by atoms with van der Waals surface area (Å²) in [5.74, 6) is 0. The maximum Gasteiger partial charge on any atom is 0.148 e. The maximum atomic E-state index is 9.65. The van der Waals surface area contributed by atoms with Crippen molar-refractivity contribution in [1.29, 1.82) is 5.26 Å². The molecule has 2 aromatic carbocycles. The molecule has 0 spiro atoms. The number of nitrogens with zero attached hydrogens (tertiary/aromatic N) is 2. The van der Waals surface area contributed by atoms with Crippen molar-refractivity contribution in [2.24, 2.45) is 0 Å². The van der Waals surface area contributed by atoms with Gasteiger partial charge >= 0.3 is 0 Å². The number of nitrogens with one attached hydrogen (secondary N) is 1. The summed E-state index contributed by atoms with van der Waals surface area (Å²) in [5.41, 5.74) is 2.63. The number of hydrogen-bond donors (Lipinski definition) is 2. The standard InChI is InChI=1S/C20H19N3O/c21-13-20-19-9-8-17(12-16(19)10-11-22-20)23-18(14-24)7-6-15-4-2-1-3-5-15/h1-5,8-12,18,23-24H,6-7,14H2/t18-/m1/s1. The van der Waals surface area contributed by atoms with Crippen LogP contribution in [0.25, 0.3) is 10.8 Å². The molecule has 0 unspecified atom stereocenters. The summed E-state index contributed by atoms with van der Waals surface area (Å²) in [6, 6.07) is 20.1. The minimum absolute atomic E-state index is 0.0140. The van der Waals surface area contributed by atoms with Gasteiger partial charge in [-0.3, -0.25) is 0 Å². The van der Waals surface area contributed by atoms with Gasteiger partial charge in [0.25, 0.3) is 0 Å². The maximum absolute atomic E-state index is 9.65. The average Bonchev–Trinajstić information content (AvgIpc) is 2.65. The number of aliphatic hydroxyl groups excluding tert-OH is 1. The summed E-state index contributed by atoms with van der Waals surface area (Å²) in [6.07, 6.45) is 3.40. The van der Waals surface area contributed by atoms with Gasteiger partial charge in [-0.2, -0.15) is 5.26 Å². The van der Waals surface area contributed by atoms with Crippen LogP contribution in [0, 0.1) is 11.3 Å². The van der Waals surface area contributed by atoms with E-state index in [9.17, 15) is 5.11 Å². The molecule has 0 amide bonds. The molecule has 0 aliphatic rings. The average molecular weight is 317 g/mol. The Kier molecular flexibility index (Phi) is 5.05. The van der Waals surface area contributed by atoms with Crippen LogP contribution in [0.5, 0.6) is 0 Å². The second-order valence-electron chi connectivity index (χ2n) is 5.76. The van der Waals surface area contributed by atoms with Gasteiger partial charge in [-0.15, -0.1) is 0 Å². The number of fused-ring (bicyclic) bond motifs is 1. The van der Waals surface area contributed by atoms with Crippen LogP contribution in [0.3, 0.4) is 0 Å². The van der Waals surface area contributed by atoms with E-state index in [0.29, 0.717) is 5.69 Å². The second kappa shape index (κ2) is 7.58. The van der Waals surface area contributed by atoms with Crippen molar-refractivity contribution < 1.29 is 5.11 Å². The molecule has 0 bridgehead atoms. The summed E-state index contributed by atoms with van der Waals surface area (Å²) in [5, 5.41) is 23.9. The molecule has 3 aromatic rings. The van der Waals surface area contributed by atoms with Crippen molar-refractivity contribution in [3.8, 4) is 6.07 Å². The van der Waals surface area contributed by atoms with Gasteiger partial charge in [-0.05, 0) is 48.1 Å². The number of benzene rings is 2. The number of aliphatic hydroxyl groups is 1. The van der Waals surface area contributed by atoms with E-state index in [1.165, 1.54) is 5.56 Å². The van der Waals surface area contributed by atoms with Gasteiger partial charge in [0.2, 0.25) is 0 Å². The van der Waals surface area contributed by atoms with Crippen LogP contribution in [0.2, 0.25) is 0 Å². The molecule has 0 radical (unpaired) electrons. The molecule has 0 aliphatic heterocycles. The Balaban J connectivity index is 1.71. The molecule has 0 saturated heterocycles. The summed E-state index contributed by atoms with van der Waals surface area (Å²) in [7, 11) is 0. The van der Waals surface area contributed by atoms with Crippen LogP contribution in [0.15, 0.2) is 60.8 Å². The van der Waals surface area contributed by atoms with Crippen LogP contribution in [-0.2, 0) is 6.42 Å². The van der Waals surface area contributed by atoms with Crippen molar-refractivity contribution in [3.05, 3.63) is 72.1 Å². The predicted octanol–water partition coefficient (Wildman–Crippen LogP) is 3.51. The predicted molar refractivity (Wildman–Crippen MR) is 95.7 cm³/mol. The molecule has 1 aromatic heterocycles. The lowest BCUT2D eigenvalue weighted by molar-refractivity contribution is 0.269. The number of nitriles is 1. The van der Waals surface area contributed by atoms with E-state index in [1.54, 1.807) is 6.20 Å². The SMILES string of the molecule is N#Cc1nccc2cc(N[C@@H](CO)CCc3ccccc3)ccc12. The van der Waals surface area contributed by atoms with Gasteiger partial charge in [0.05, 0.1) is 6.61 Å². The van der Waals surface area contributed by atoms with Gasteiger partial charge in [-0.1, -0.05) is 30.3 Å². The minimum Gasteiger partial charge on any atom is -0.394 e. The van der Waals surface area contributed by atoms with Crippen LogP contribution >= 0.6 is 0 Å². The Morgan fingerprint density at radius 1 is 1.12 bits per heavy atom. The third kappa shape index (κ3) is 3.70. The van der Waals surface area contributed by atoms with Crippen LogP contribution < -0.4 is 5.32 Å². The van der Waals surface area contributed by atoms with Crippen LogP contribution in [-0.4, -0.2) is 22.7 Å². The van der Waals surface area contributed by atoms with Crippen molar-refractivity contribution >= 4 is 16.5 Å². The fourth-order valence-electron chi connectivity index (χ4n) is 2.79. The lowest BCUT2D eigenvalue weighted by Crippen LogP contribution is -2.24. The summed E-state index contributed by atoms with van der Waals surface area (Å²) >= 11 is 0. The molecular formula is C20H19N3O. The van der Waals surface area contributed by atoms with Crippen molar-refractivity contribution in [2.45, 2.75) is 18.9 Å². The zero-order chi connectivity index (χ0) is 16.8. The lowest BCUT2D eigenvalue weighted by atomic mass is 10.0. The minimum atomic E-state index is -0.0140. The van der Waals surface area contributed by atoms with Gasteiger partial charge in [-0.25, -0.2) is 4.98 Å². The van der Waals surface area contributed by atoms with E-state index in [0.717, 1.165) is 29.3 Å². The third-order valence-corrected chi connectivity index (χ3v) is 4.09. The highest BCUT2D eigenvalue weighted by atomic mass is 16.3. The fourth-order valence-corrected chi connectivity index (χ4v) is 2.79. The fraction of sp³-hybridized carbons (Fsp3) is 0.200. The van der Waals surface area contributed by atoms with Crippen molar-refractivity contribution in [2.75, 3.05) is 11.9 Å². The Bertz CT molecular complexity index is 856. The highest BCUT2D eigenvalue weighted by molar-refractivity contribution is 5.89. The number of hydrogen-bond acceptors (Lipinski definition) is 4. The summed E-state index contributed by atoms with van der Waals surface area (Å²) in [6.45, 7) is 0.0741. The first-order chi connectivity index (χ1) is 11.8. The zero-order valence-corrected chi connectivity index (χ0v) is 13.3. The normalized spacial score (nSPS) is 11.8. The highest BCUT2D eigenvalue weighted by Crippen LogP contribution is 2.22. The first kappa shape index (κ1) is 16.0. The molecular weight excluding hydrogens is 298 g/mol. The molecule has 4 heteroatoms. The second-order valence-corrected chi connectivity index (χ2v) is 5.76. The van der Waals surface area contributed by atoms with Gasteiger partial charge in [0.15, 0.2) is 0 Å². The Morgan fingerprint density at radius 3 is 2.71 bits per heavy atom. The lowest BCUT2D eigenvalue weighted by Gasteiger charge is -2.18. The van der Waals surface area contributed by atoms with Gasteiger partial charge in [0, 0.05) is 23.3 Å². The number of aromatic nitrogens is 1. The Morgan fingerprint density at radius 2 is 1.96 bits per heavy atom. The zero-order valence-electron chi connectivity index (χ0n) is 13.3. The highest BCUT2D eigenvalue weighted by Gasteiger charge is 2.09. The van der Waals surface area contributed by atoms with Gasteiger partial charge < -0.3 is 10.4 Å². The third-order valence-electron chi connectivity index (χ3n) is 4.09. The topological polar surface area (TPSA) is 68.9 Å². The molecule has 3 rings (SSSR count). The van der Waals surface area contributed by atoms with Crippen molar-refractivity contribution in [3.63, 3.8) is 0 Å². The Labute approximate surface area is 141 Å². The number of pyridine rings is 1. The van der Waals surface area contributed by atoms with E-state index >= 15 is 0 Å².